The molecule has 0 fully saturated rings. The van der Waals surface area contributed by atoms with Gasteiger partial charge < -0.3 is 5.11 Å². The zero-order chi connectivity index (χ0) is 11.9. The van der Waals surface area contributed by atoms with E-state index in [9.17, 15) is 25.3 Å². The molecule has 0 bridgehead atoms. The third-order valence-electron chi connectivity index (χ3n) is 1.96. The lowest BCUT2D eigenvalue weighted by molar-refractivity contribution is -0.451. The predicted octanol–water partition coefficient (Wildman–Crippen LogP) is -0.888. The lowest BCUT2D eigenvalue weighted by Crippen LogP contribution is -2.44. The molecule has 11 heteroatoms. The third kappa shape index (κ3) is 1.26. The van der Waals surface area contributed by atoms with Crippen LogP contribution in [0.4, 0.5) is 0 Å². The van der Waals surface area contributed by atoms with Crippen molar-refractivity contribution in [1.82, 2.24) is 10.5 Å². The number of fused-ring (bicyclic) bond motifs is 1. The van der Waals surface area contributed by atoms with Crippen LogP contribution in [0.1, 0.15) is 0 Å². The summed E-state index contributed by atoms with van der Waals surface area (Å²) in [5.41, 5.74) is 0.780. The van der Waals surface area contributed by atoms with Crippen LogP contribution < -0.4 is 5.53 Å². The van der Waals surface area contributed by atoms with Crippen LogP contribution in [0.25, 0.3) is 0 Å². The molecular weight excluding hydrogens is 224 g/mol. The summed E-state index contributed by atoms with van der Waals surface area (Å²) in [6, 6.07) is 0. The minimum absolute atomic E-state index is 0.275. The average molecular weight is 228 g/mol. The van der Waals surface area contributed by atoms with Crippen LogP contribution >= 0.6 is 0 Å². The van der Waals surface area contributed by atoms with E-state index in [0.717, 1.165) is 5.01 Å². The molecule has 0 amide bonds. The Morgan fingerprint density at radius 3 is 2.69 bits per heavy atom. The lowest BCUT2D eigenvalue weighted by Gasteiger charge is -2.22. The van der Waals surface area contributed by atoms with Gasteiger partial charge in [0.25, 0.3) is 5.82 Å². The summed E-state index contributed by atoms with van der Waals surface area (Å²) in [4.78, 5) is 19.4. The first-order valence-corrected chi connectivity index (χ1v) is 3.90. The monoisotopic (exact) mass is 228 g/mol. The summed E-state index contributed by atoms with van der Waals surface area (Å²) < 4.78 is 0. The lowest BCUT2D eigenvalue weighted by atomic mass is 10.2. The zero-order valence-corrected chi connectivity index (χ0v) is 7.47. The smallest absolute Gasteiger partial charge is 0.322 e. The molecule has 0 saturated heterocycles. The van der Waals surface area contributed by atoms with E-state index in [1.807, 2.05) is 0 Å². The number of hydrazine groups is 1. The molecule has 0 aromatic heterocycles. The molecule has 2 heterocycles. The van der Waals surface area contributed by atoms with E-state index in [2.05, 4.69) is 15.9 Å². The van der Waals surface area contributed by atoms with Gasteiger partial charge in [0.15, 0.2) is 0 Å². The molecule has 2 rings (SSSR count). The average Bonchev–Trinajstić information content (AvgIpc) is 2.66. The molecule has 0 aromatic carbocycles. The molecule has 16 heavy (non-hydrogen) atoms. The number of hydrogen-bond donors (Lipinski definition) is 2. The molecule has 0 saturated carbocycles. The molecular formula is C5H4N6O5. The molecule has 0 spiro atoms. The van der Waals surface area contributed by atoms with E-state index < -0.39 is 27.5 Å². The van der Waals surface area contributed by atoms with Crippen LogP contribution in [-0.4, -0.2) is 26.2 Å². The van der Waals surface area contributed by atoms with Gasteiger partial charge in [-0.3, -0.25) is 20.2 Å². The van der Waals surface area contributed by atoms with Gasteiger partial charge in [-0.1, -0.05) is 5.22 Å². The minimum Gasteiger partial charge on any atom is -0.363 e. The van der Waals surface area contributed by atoms with E-state index in [4.69, 9.17) is 0 Å². The second-order valence-corrected chi connectivity index (χ2v) is 2.84. The van der Waals surface area contributed by atoms with Gasteiger partial charge >= 0.3 is 11.4 Å². The van der Waals surface area contributed by atoms with Crippen LogP contribution in [0.3, 0.4) is 0 Å². The van der Waals surface area contributed by atoms with Crippen LogP contribution in [0.2, 0.25) is 0 Å². The molecule has 0 aromatic rings. The van der Waals surface area contributed by atoms with E-state index >= 15 is 0 Å². The van der Waals surface area contributed by atoms with Gasteiger partial charge in [-0.2, -0.15) is 5.53 Å². The van der Waals surface area contributed by atoms with Crippen molar-refractivity contribution in [2.45, 2.75) is 6.23 Å². The van der Waals surface area contributed by atoms with Crippen molar-refractivity contribution in [3.63, 3.8) is 0 Å². The van der Waals surface area contributed by atoms with Crippen molar-refractivity contribution in [1.29, 1.82) is 0 Å². The van der Waals surface area contributed by atoms with Crippen molar-refractivity contribution in [2.75, 3.05) is 0 Å². The van der Waals surface area contributed by atoms with Crippen molar-refractivity contribution in [2.24, 2.45) is 10.3 Å². The Morgan fingerprint density at radius 1 is 1.44 bits per heavy atom. The highest BCUT2D eigenvalue weighted by atomic mass is 16.6. The second kappa shape index (κ2) is 3.23. The van der Waals surface area contributed by atoms with Crippen molar-refractivity contribution >= 4 is 0 Å². The zero-order valence-electron chi connectivity index (χ0n) is 7.47. The van der Waals surface area contributed by atoms with E-state index in [1.54, 1.807) is 0 Å². The molecule has 11 nitrogen and oxygen atoms in total. The van der Waals surface area contributed by atoms with Gasteiger partial charge in [0.1, 0.15) is 0 Å². The molecule has 2 aliphatic heterocycles. The fourth-order valence-electron chi connectivity index (χ4n) is 1.25. The Balaban J connectivity index is 2.55. The summed E-state index contributed by atoms with van der Waals surface area (Å²) in [5.74, 6) is -0.275. The Hall–Kier alpha value is -2.56. The molecule has 0 aliphatic carbocycles. The topological polar surface area (TPSA) is 146 Å². The number of nitrogens with one attached hydrogen (secondary N) is 1. The number of allylic oxidation sites excluding steroid dienone is 1. The van der Waals surface area contributed by atoms with Gasteiger partial charge in [-0.25, -0.2) is 5.01 Å². The summed E-state index contributed by atoms with van der Waals surface area (Å²) in [7, 11) is 0. The number of nitrogens with zero attached hydrogens (tertiary/aromatic N) is 5. The minimum atomic E-state index is -1.68. The largest absolute Gasteiger partial charge is 0.363 e. The highest BCUT2D eigenvalue weighted by Crippen LogP contribution is 2.27. The molecule has 2 aliphatic rings. The Bertz CT molecular complexity index is 466. The Labute approximate surface area is 86.6 Å². The Morgan fingerprint density at radius 2 is 2.12 bits per heavy atom. The van der Waals surface area contributed by atoms with Crippen molar-refractivity contribution in [3.8, 4) is 0 Å². The first-order chi connectivity index (χ1) is 7.52. The third-order valence-corrected chi connectivity index (χ3v) is 1.96. The highest BCUT2D eigenvalue weighted by molar-refractivity contribution is 5.27. The highest BCUT2D eigenvalue weighted by Gasteiger charge is 2.43. The number of aliphatic hydroxyl groups excluding tert-OH is 1. The SMILES string of the molecule is O=[N+]([O-])C1=CC([N+](=O)[O-])=C2N=NNN2C1O. The summed E-state index contributed by atoms with van der Waals surface area (Å²) in [5, 5.41) is 38.0. The number of rotatable bonds is 2. The van der Waals surface area contributed by atoms with Crippen LogP contribution in [0, 0.1) is 20.2 Å². The number of nitro groups is 2. The summed E-state index contributed by atoms with van der Waals surface area (Å²) >= 11 is 0. The maximum Gasteiger partial charge on any atom is 0.322 e. The normalized spacial score (nSPS) is 22.7. The van der Waals surface area contributed by atoms with Crippen molar-refractivity contribution < 1.29 is 15.0 Å². The Kier molecular flexibility index (Phi) is 2.02. The molecule has 2 N–H and O–H groups in total. The predicted molar refractivity (Wildman–Crippen MR) is 44.9 cm³/mol. The van der Waals surface area contributed by atoms with Gasteiger partial charge in [-0.05, 0) is 0 Å². The first kappa shape index (κ1) is 9.97. The van der Waals surface area contributed by atoms with Gasteiger partial charge in [-0.15, -0.1) is 5.11 Å². The quantitative estimate of drug-likeness (QED) is 0.460. The fourth-order valence-corrected chi connectivity index (χ4v) is 1.25. The van der Waals surface area contributed by atoms with Gasteiger partial charge in [0.05, 0.1) is 15.9 Å². The molecule has 1 atom stereocenters. The van der Waals surface area contributed by atoms with E-state index in [-0.39, 0.29) is 5.82 Å². The molecule has 84 valence electrons. The van der Waals surface area contributed by atoms with E-state index in [1.165, 1.54) is 0 Å². The summed E-state index contributed by atoms with van der Waals surface area (Å²) in [6.45, 7) is 0. The molecule has 0 radical (unpaired) electrons. The second-order valence-electron chi connectivity index (χ2n) is 2.84. The summed E-state index contributed by atoms with van der Waals surface area (Å²) in [6.07, 6.45) is -1.02. The van der Waals surface area contributed by atoms with Crippen LogP contribution in [0.5, 0.6) is 0 Å². The van der Waals surface area contributed by atoms with Crippen LogP contribution in [0.15, 0.2) is 33.6 Å². The maximum absolute atomic E-state index is 10.6. The maximum atomic E-state index is 10.6. The number of aliphatic hydroxyl groups is 1. The van der Waals surface area contributed by atoms with Gasteiger partial charge in [0, 0.05) is 0 Å². The van der Waals surface area contributed by atoms with Crippen molar-refractivity contribution in [3.05, 3.63) is 43.5 Å². The fraction of sp³-hybridized carbons (Fsp3) is 0.200. The van der Waals surface area contributed by atoms with Crippen LogP contribution in [-0.2, 0) is 0 Å². The van der Waals surface area contributed by atoms with Gasteiger partial charge in [0.2, 0.25) is 6.23 Å². The number of hydrogen-bond acceptors (Lipinski definition) is 9. The first-order valence-electron chi connectivity index (χ1n) is 3.90. The van der Waals surface area contributed by atoms with E-state index in [0.29, 0.717) is 6.08 Å². The molecule has 1 unspecified atom stereocenters. The standard InChI is InChI=1S/C5H4N6O5/c12-5-3(11(15)16)1-2(10(13)14)4-6-7-8-9(4)5/h1,5,12H,(H,6,8).